The van der Waals surface area contributed by atoms with Crippen molar-refractivity contribution < 1.29 is 9.50 Å². The summed E-state index contributed by atoms with van der Waals surface area (Å²) in [6.07, 6.45) is 3.33. The van der Waals surface area contributed by atoms with Crippen molar-refractivity contribution in [2.24, 2.45) is 5.41 Å². The first-order valence-corrected chi connectivity index (χ1v) is 5.91. The second-order valence-electron chi connectivity index (χ2n) is 4.98. The SMILES string of the molecule is CC(O)(c1ccc(F)cc1)C1(C#N)CCCC1. The van der Waals surface area contributed by atoms with Gasteiger partial charge in [-0.1, -0.05) is 25.0 Å². The van der Waals surface area contributed by atoms with E-state index in [2.05, 4.69) is 6.07 Å². The third-order valence-electron chi connectivity index (χ3n) is 4.01. The van der Waals surface area contributed by atoms with Crippen molar-refractivity contribution in [3.05, 3.63) is 35.6 Å². The average Bonchev–Trinajstić information content (AvgIpc) is 2.79. The quantitative estimate of drug-likeness (QED) is 0.852. The predicted octanol–water partition coefficient (Wildman–Crippen LogP) is 3.12. The van der Waals surface area contributed by atoms with Crippen LogP contribution < -0.4 is 0 Å². The van der Waals surface area contributed by atoms with E-state index >= 15 is 0 Å². The van der Waals surface area contributed by atoms with Crippen LogP contribution >= 0.6 is 0 Å². The lowest BCUT2D eigenvalue weighted by atomic mass is 9.69. The van der Waals surface area contributed by atoms with Crippen LogP contribution in [0.15, 0.2) is 24.3 Å². The van der Waals surface area contributed by atoms with Crippen LogP contribution in [0, 0.1) is 22.6 Å². The zero-order chi connectivity index (χ0) is 12.5. The number of nitrogens with zero attached hydrogens (tertiary/aromatic N) is 1. The molecule has 0 saturated heterocycles. The largest absolute Gasteiger partial charge is 0.384 e. The molecule has 3 heteroatoms. The molecule has 0 bridgehead atoms. The van der Waals surface area contributed by atoms with Crippen molar-refractivity contribution in [1.29, 1.82) is 5.26 Å². The number of hydrogen-bond donors (Lipinski definition) is 1. The molecule has 1 atom stereocenters. The van der Waals surface area contributed by atoms with E-state index in [9.17, 15) is 14.8 Å². The summed E-state index contributed by atoms with van der Waals surface area (Å²) in [6, 6.07) is 8.06. The first kappa shape index (κ1) is 12.1. The highest BCUT2D eigenvalue weighted by atomic mass is 19.1. The van der Waals surface area contributed by atoms with E-state index in [1.54, 1.807) is 19.1 Å². The van der Waals surface area contributed by atoms with Crippen LogP contribution in [0.4, 0.5) is 4.39 Å². The van der Waals surface area contributed by atoms with Gasteiger partial charge in [-0.25, -0.2) is 4.39 Å². The Morgan fingerprint density at radius 3 is 2.29 bits per heavy atom. The molecule has 0 spiro atoms. The maximum Gasteiger partial charge on any atom is 0.123 e. The van der Waals surface area contributed by atoms with Crippen molar-refractivity contribution in [2.75, 3.05) is 0 Å². The van der Waals surface area contributed by atoms with Crippen molar-refractivity contribution in [3.63, 3.8) is 0 Å². The van der Waals surface area contributed by atoms with Gasteiger partial charge in [0.2, 0.25) is 0 Å². The third kappa shape index (κ3) is 1.83. The summed E-state index contributed by atoms with van der Waals surface area (Å²) in [5.74, 6) is -0.332. The molecule has 1 aromatic rings. The number of halogens is 1. The van der Waals surface area contributed by atoms with Gasteiger partial charge in [0.1, 0.15) is 11.4 Å². The summed E-state index contributed by atoms with van der Waals surface area (Å²) < 4.78 is 12.9. The molecule has 0 aromatic heterocycles. The summed E-state index contributed by atoms with van der Waals surface area (Å²) in [7, 11) is 0. The Morgan fingerprint density at radius 2 is 1.82 bits per heavy atom. The minimum absolute atomic E-state index is 0.332. The Labute approximate surface area is 101 Å². The van der Waals surface area contributed by atoms with E-state index in [4.69, 9.17) is 0 Å². The van der Waals surface area contributed by atoms with E-state index in [1.165, 1.54) is 12.1 Å². The van der Waals surface area contributed by atoms with Gasteiger partial charge < -0.3 is 5.11 Å². The molecule has 2 nitrogen and oxygen atoms in total. The lowest BCUT2D eigenvalue weighted by Gasteiger charge is -2.37. The molecular formula is C14H16FNO. The normalized spacial score (nSPS) is 21.8. The second kappa shape index (κ2) is 4.12. The Balaban J connectivity index is 2.41. The van der Waals surface area contributed by atoms with Gasteiger partial charge in [-0.15, -0.1) is 0 Å². The number of hydrogen-bond acceptors (Lipinski definition) is 2. The lowest BCUT2D eigenvalue weighted by molar-refractivity contribution is -0.0422. The fourth-order valence-corrected chi connectivity index (χ4v) is 2.74. The molecule has 1 aliphatic carbocycles. The molecular weight excluding hydrogens is 217 g/mol. The number of nitriles is 1. The molecule has 0 heterocycles. The van der Waals surface area contributed by atoms with Crippen LogP contribution in [0.3, 0.4) is 0 Å². The van der Waals surface area contributed by atoms with Crippen LogP contribution in [-0.2, 0) is 5.60 Å². The predicted molar refractivity (Wildman–Crippen MR) is 62.5 cm³/mol. The van der Waals surface area contributed by atoms with Crippen LogP contribution in [0.2, 0.25) is 0 Å². The van der Waals surface area contributed by atoms with Crippen LogP contribution in [0.5, 0.6) is 0 Å². The maximum absolute atomic E-state index is 12.9. The van der Waals surface area contributed by atoms with Gasteiger partial charge in [0.25, 0.3) is 0 Å². The molecule has 1 unspecified atom stereocenters. The Hall–Kier alpha value is -1.40. The Morgan fingerprint density at radius 1 is 1.29 bits per heavy atom. The summed E-state index contributed by atoms with van der Waals surface area (Å²) >= 11 is 0. The van der Waals surface area contributed by atoms with Crippen molar-refractivity contribution in [3.8, 4) is 6.07 Å². The molecule has 0 amide bonds. The smallest absolute Gasteiger partial charge is 0.123 e. The second-order valence-corrected chi connectivity index (χ2v) is 4.98. The van der Waals surface area contributed by atoms with Crippen molar-refractivity contribution in [1.82, 2.24) is 0 Å². The summed E-state index contributed by atoms with van der Waals surface area (Å²) in [5.41, 5.74) is -1.33. The highest BCUT2D eigenvalue weighted by Gasteiger charge is 2.50. The minimum Gasteiger partial charge on any atom is -0.384 e. The van der Waals surface area contributed by atoms with Crippen LogP contribution in [-0.4, -0.2) is 5.11 Å². The number of rotatable bonds is 2. The fourth-order valence-electron chi connectivity index (χ4n) is 2.74. The van der Waals surface area contributed by atoms with Crippen LogP contribution in [0.1, 0.15) is 38.2 Å². The molecule has 90 valence electrons. The molecule has 1 aromatic carbocycles. The molecule has 17 heavy (non-hydrogen) atoms. The molecule has 1 saturated carbocycles. The monoisotopic (exact) mass is 233 g/mol. The standard InChI is InChI=1S/C14H16FNO/c1-13(17,11-4-6-12(15)7-5-11)14(10-16)8-2-3-9-14/h4-7,17H,2-3,8-9H2,1H3. The molecule has 2 rings (SSSR count). The van der Waals surface area contributed by atoms with Gasteiger partial charge in [-0.05, 0) is 37.5 Å². The van der Waals surface area contributed by atoms with E-state index in [1.807, 2.05) is 0 Å². The Kier molecular flexibility index (Phi) is 2.92. The first-order valence-electron chi connectivity index (χ1n) is 5.91. The van der Waals surface area contributed by atoms with Gasteiger partial charge in [-0.2, -0.15) is 5.26 Å². The fraction of sp³-hybridized carbons (Fsp3) is 0.500. The van der Waals surface area contributed by atoms with Crippen molar-refractivity contribution in [2.45, 2.75) is 38.2 Å². The molecule has 0 radical (unpaired) electrons. The summed E-state index contributed by atoms with van der Waals surface area (Å²) in [4.78, 5) is 0. The van der Waals surface area contributed by atoms with Gasteiger partial charge in [0.15, 0.2) is 0 Å². The maximum atomic E-state index is 12.9. The van der Waals surface area contributed by atoms with Crippen molar-refractivity contribution >= 4 is 0 Å². The molecule has 1 aliphatic rings. The molecule has 1 N–H and O–H groups in total. The molecule has 1 fully saturated rings. The first-order chi connectivity index (χ1) is 8.02. The average molecular weight is 233 g/mol. The summed E-state index contributed by atoms with van der Waals surface area (Å²) in [6.45, 7) is 1.66. The van der Waals surface area contributed by atoms with E-state index < -0.39 is 11.0 Å². The van der Waals surface area contributed by atoms with E-state index in [0.29, 0.717) is 18.4 Å². The topological polar surface area (TPSA) is 44.0 Å². The van der Waals surface area contributed by atoms with Gasteiger partial charge in [0, 0.05) is 0 Å². The highest BCUT2D eigenvalue weighted by Crippen LogP contribution is 2.50. The highest BCUT2D eigenvalue weighted by molar-refractivity contribution is 5.29. The van der Waals surface area contributed by atoms with Gasteiger partial charge in [-0.3, -0.25) is 0 Å². The third-order valence-corrected chi connectivity index (χ3v) is 4.01. The van der Waals surface area contributed by atoms with Crippen LogP contribution in [0.25, 0.3) is 0 Å². The van der Waals surface area contributed by atoms with Gasteiger partial charge in [0.05, 0.1) is 11.5 Å². The zero-order valence-electron chi connectivity index (χ0n) is 9.91. The number of aliphatic hydroxyl groups is 1. The van der Waals surface area contributed by atoms with E-state index in [0.717, 1.165) is 12.8 Å². The molecule has 0 aliphatic heterocycles. The zero-order valence-corrected chi connectivity index (χ0v) is 9.91. The minimum atomic E-state index is -1.22. The van der Waals surface area contributed by atoms with E-state index in [-0.39, 0.29) is 5.82 Å². The summed E-state index contributed by atoms with van der Waals surface area (Å²) in [5, 5.41) is 20.1. The van der Waals surface area contributed by atoms with Gasteiger partial charge >= 0.3 is 0 Å². The Bertz CT molecular complexity index is 438. The number of benzene rings is 1. The lowest BCUT2D eigenvalue weighted by Crippen LogP contribution is -2.40.